The number of hydrogen-bond acceptors (Lipinski definition) is 6. The van der Waals surface area contributed by atoms with Gasteiger partial charge in [-0.2, -0.15) is 0 Å². The molecule has 100 valence electrons. The van der Waals surface area contributed by atoms with Gasteiger partial charge in [-0.1, -0.05) is 17.7 Å². The van der Waals surface area contributed by atoms with Crippen LogP contribution >= 0.6 is 11.6 Å². The molecule has 1 aromatic heterocycles. The number of benzene rings is 1. The molecule has 2 rings (SSSR count). The number of hydrazine groups is 1. The zero-order valence-corrected chi connectivity index (χ0v) is 11.1. The number of nitrogens with two attached hydrogens (primary N) is 1. The maximum absolute atomic E-state index is 6.14. The SMILES string of the molecule is COc1cccc(Cl)c1CNc1cncc(NN)n1. The Morgan fingerprint density at radius 3 is 2.84 bits per heavy atom. The summed E-state index contributed by atoms with van der Waals surface area (Å²) in [5, 5.41) is 3.75. The summed E-state index contributed by atoms with van der Waals surface area (Å²) in [7, 11) is 1.61. The highest BCUT2D eigenvalue weighted by Crippen LogP contribution is 2.26. The van der Waals surface area contributed by atoms with E-state index in [1.165, 1.54) is 6.20 Å². The van der Waals surface area contributed by atoms with Crippen LogP contribution in [-0.2, 0) is 6.54 Å². The second kappa shape index (κ2) is 6.21. The van der Waals surface area contributed by atoms with Crippen molar-refractivity contribution < 1.29 is 4.74 Å². The summed E-state index contributed by atoms with van der Waals surface area (Å²) in [5.41, 5.74) is 3.30. The molecule has 7 heteroatoms. The van der Waals surface area contributed by atoms with Crippen molar-refractivity contribution in [3.63, 3.8) is 0 Å². The molecule has 0 aliphatic rings. The van der Waals surface area contributed by atoms with Gasteiger partial charge in [-0.25, -0.2) is 10.8 Å². The summed E-state index contributed by atoms with van der Waals surface area (Å²) >= 11 is 6.14. The number of halogens is 1. The fourth-order valence-electron chi connectivity index (χ4n) is 1.60. The highest BCUT2D eigenvalue weighted by Gasteiger charge is 2.07. The lowest BCUT2D eigenvalue weighted by atomic mass is 10.2. The lowest BCUT2D eigenvalue weighted by Crippen LogP contribution is -2.10. The average molecular weight is 280 g/mol. The third-order valence-corrected chi connectivity index (χ3v) is 2.88. The van der Waals surface area contributed by atoms with Gasteiger partial charge in [-0.15, -0.1) is 0 Å². The Morgan fingerprint density at radius 1 is 1.32 bits per heavy atom. The molecule has 0 saturated heterocycles. The highest BCUT2D eigenvalue weighted by atomic mass is 35.5. The average Bonchev–Trinajstić information content (AvgIpc) is 2.46. The molecule has 1 heterocycles. The molecule has 0 fully saturated rings. The summed E-state index contributed by atoms with van der Waals surface area (Å²) in [5.74, 6) is 7.07. The van der Waals surface area contributed by atoms with Crippen molar-refractivity contribution in [2.24, 2.45) is 5.84 Å². The molecule has 0 amide bonds. The third kappa shape index (κ3) is 3.24. The fraction of sp³-hybridized carbons (Fsp3) is 0.167. The second-order valence-corrected chi connectivity index (χ2v) is 4.12. The number of anilines is 2. The van der Waals surface area contributed by atoms with Crippen LogP contribution in [0.3, 0.4) is 0 Å². The van der Waals surface area contributed by atoms with Gasteiger partial charge < -0.3 is 15.5 Å². The normalized spacial score (nSPS) is 10.1. The number of ether oxygens (including phenoxy) is 1. The van der Waals surface area contributed by atoms with E-state index in [1.54, 1.807) is 13.3 Å². The number of rotatable bonds is 5. The van der Waals surface area contributed by atoms with Crippen LogP contribution in [0, 0.1) is 0 Å². The van der Waals surface area contributed by atoms with Gasteiger partial charge in [0.1, 0.15) is 11.6 Å². The number of hydrogen-bond donors (Lipinski definition) is 3. The number of nitrogens with zero attached hydrogens (tertiary/aromatic N) is 2. The molecule has 0 spiro atoms. The molecule has 4 N–H and O–H groups in total. The van der Waals surface area contributed by atoms with Crippen LogP contribution in [0.2, 0.25) is 5.02 Å². The Hall–Kier alpha value is -2.05. The first-order valence-electron chi connectivity index (χ1n) is 5.58. The molecular formula is C12H14ClN5O. The van der Waals surface area contributed by atoms with Crippen molar-refractivity contribution >= 4 is 23.2 Å². The standard InChI is InChI=1S/C12H14ClN5O/c1-19-10-4-2-3-9(13)8(10)5-16-11-6-15-7-12(17-11)18-14/h2-4,6-7H,5,14H2,1H3,(H2,16,17,18). The number of nitrogen functional groups attached to an aromatic ring is 1. The largest absolute Gasteiger partial charge is 0.496 e. The fourth-order valence-corrected chi connectivity index (χ4v) is 1.83. The Labute approximate surface area is 115 Å². The molecular weight excluding hydrogens is 266 g/mol. The summed E-state index contributed by atoms with van der Waals surface area (Å²) in [6.07, 6.45) is 3.13. The summed E-state index contributed by atoms with van der Waals surface area (Å²) in [6, 6.07) is 5.50. The van der Waals surface area contributed by atoms with Crippen molar-refractivity contribution in [2.75, 3.05) is 17.9 Å². The van der Waals surface area contributed by atoms with Gasteiger partial charge in [-0.05, 0) is 12.1 Å². The van der Waals surface area contributed by atoms with Crippen molar-refractivity contribution in [2.45, 2.75) is 6.54 Å². The lowest BCUT2D eigenvalue weighted by molar-refractivity contribution is 0.410. The molecule has 19 heavy (non-hydrogen) atoms. The minimum Gasteiger partial charge on any atom is -0.496 e. The molecule has 0 unspecified atom stereocenters. The van der Waals surface area contributed by atoms with E-state index >= 15 is 0 Å². The van der Waals surface area contributed by atoms with Gasteiger partial charge in [-0.3, -0.25) is 4.98 Å². The molecule has 2 aromatic rings. The first-order chi connectivity index (χ1) is 9.24. The van der Waals surface area contributed by atoms with E-state index in [2.05, 4.69) is 20.7 Å². The Kier molecular flexibility index (Phi) is 4.38. The summed E-state index contributed by atoms with van der Waals surface area (Å²) in [4.78, 5) is 8.20. The molecule has 0 radical (unpaired) electrons. The quantitative estimate of drug-likeness (QED) is 0.574. The van der Waals surface area contributed by atoms with Crippen LogP contribution in [0.15, 0.2) is 30.6 Å². The summed E-state index contributed by atoms with van der Waals surface area (Å²) < 4.78 is 5.27. The molecule has 0 atom stereocenters. The topological polar surface area (TPSA) is 85.1 Å². The van der Waals surface area contributed by atoms with Crippen LogP contribution in [0.4, 0.5) is 11.6 Å². The third-order valence-electron chi connectivity index (χ3n) is 2.52. The Bertz CT molecular complexity index is 564. The molecule has 6 nitrogen and oxygen atoms in total. The van der Waals surface area contributed by atoms with E-state index in [9.17, 15) is 0 Å². The van der Waals surface area contributed by atoms with Crippen molar-refractivity contribution in [3.05, 3.63) is 41.2 Å². The van der Waals surface area contributed by atoms with Crippen molar-refractivity contribution in [1.29, 1.82) is 0 Å². The molecule has 0 saturated carbocycles. The van der Waals surface area contributed by atoms with Crippen LogP contribution in [-0.4, -0.2) is 17.1 Å². The van der Waals surface area contributed by atoms with Crippen LogP contribution in [0.1, 0.15) is 5.56 Å². The van der Waals surface area contributed by atoms with Crippen molar-refractivity contribution in [3.8, 4) is 5.75 Å². The van der Waals surface area contributed by atoms with E-state index in [0.717, 1.165) is 11.3 Å². The van der Waals surface area contributed by atoms with E-state index < -0.39 is 0 Å². The van der Waals surface area contributed by atoms with Gasteiger partial charge in [0, 0.05) is 17.1 Å². The monoisotopic (exact) mass is 279 g/mol. The van der Waals surface area contributed by atoms with Gasteiger partial charge in [0.25, 0.3) is 0 Å². The van der Waals surface area contributed by atoms with Gasteiger partial charge in [0.05, 0.1) is 19.5 Å². The minimum atomic E-state index is 0.478. The summed E-state index contributed by atoms with van der Waals surface area (Å²) in [6.45, 7) is 0.478. The molecule has 0 aliphatic heterocycles. The maximum atomic E-state index is 6.14. The zero-order chi connectivity index (χ0) is 13.7. The number of methoxy groups -OCH3 is 1. The van der Waals surface area contributed by atoms with Gasteiger partial charge in [0.15, 0.2) is 5.82 Å². The maximum Gasteiger partial charge on any atom is 0.160 e. The van der Waals surface area contributed by atoms with E-state index in [1.807, 2.05) is 18.2 Å². The molecule has 0 aliphatic carbocycles. The minimum absolute atomic E-state index is 0.478. The van der Waals surface area contributed by atoms with Crippen molar-refractivity contribution in [1.82, 2.24) is 9.97 Å². The number of nitrogens with one attached hydrogen (secondary N) is 2. The van der Waals surface area contributed by atoms with E-state index in [0.29, 0.717) is 23.2 Å². The van der Waals surface area contributed by atoms with Crippen LogP contribution in [0.25, 0.3) is 0 Å². The van der Waals surface area contributed by atoms with Gasteiger partial charge >= 0.3 is 0 Å². The van der Waals surface area contributed by atoms with Crippen LogP contribution < -0.4 is 21.3 Å². The Morgan fingerprint density at radius 2 is 2.11 bits per heavy atom. The number of aromatic nitrogens is 2. The van der Waals surface area contributed by atoms with Crippen LogP contribution in [0.5, 0.6) is 5.75 Å². The first kappa shape index (κ1) is 13.4. The lowest BCUT2D eigenvalue weighted by Gasteiger charge is -2.11. The van der Waals surface area contributed by atoms with E-state index in [-0.39, 0.29) is 0 Å². The zero-order valence-electron chi connectivity index (χ0n) is 10.4. The predicted molar refractivity (Wildman–Crippen MR) is 75.2 cm³/mol. The smallest absolute Gasteiger partial charge is 0.160 e. The highest BCUT2D eigenvalue weighted by molar-refractivity contribution is 6.31. The Balaban J connectivity index is 2.14. The van der Waals surface area contributed by atoms with Gasteiger partial charge in [0.2, 0.25) is 0 Å². The second-order valence-electron chi connectivity index (χ2n) is 3.71. The molecule has 0 bridgehead atoms. The first-order valence-corrected chi connectivity index (χ1v) is 5.96. The molecule has 1 aromatic carbocycles. The predicted octanol–water partition coefficient (Wildman–Crippen LogP) is 2.04. The van der Waals surface area contributed by atoms with E-state index in [4.69, 9.17) is 22.2 Å².